The van der Waals surface area contributed by atoms with Gasteiger partial charge >= 0.3 is 0 Å². The summed E-state index contributed by atoms with van der Waals surface area (Å²) < 4.78 is 0. The van der Waals surface area contributed by atoms with Crippen LogP contribution in [0.15, 0.2) is 95.2 Å². The molecule has 4 aromatic carbocycles. The molecule has 0 bridgehead atoms. The van der Waals surface area contributed by atoms with Crippen LogP contribution in [0.4, 0.5) is 11.4 Å². The van der Waals surface area contributed by atoms with Crippen LogP contribution >= 0.6 is 0 Å². The van der Waals surface area contributed by atoms with Crippen LogP contribution < -0.4 is 0 Å². The lowest BCUT2D eigenvalue weighted by Gasteiger charge is -2.05. The van der Waals surface area contributed by atoms with Gasteiger partial charge in [0.15, 0.2) is 0 Å². The average molecular weight is 358 g/mol. The third-order valence-electron chi connectivity index (χ3n) is 5.92. The molecule has 2 aliphatic carbocycles. The van der Waals surface area contributed by atoms with Crippen LogP contribution in [0.25, 0.3) is 22.3 Å². The molecular formula is C26H18N2. The van der Waals surface area contributed by atoms with Gasteiger partial charge < -0.3 is 0 Å². The van der Waals surface area contributed by atoms with Crippen molar-refractivity contribution in [3.8, 4) is 22.3 Å². The SMILES string of the molecule is c1ccc2c(c1)Cc1c(N=Nc3cccc4c3Cc3ccccc3-4)cccc1-2. The molecule has 4 aromatic rings. The third kappa shape index (κ3) is 2.28. The van der Waals surface area contributed by atoms with Gasteiger partial charge in [0, 0.05) is 12.8 Å². The highest BCUT2D eigenvalue weighted by molar-refractivity contribution is 5.82. The van der Waals surface area contributed by atoms with Crippen LogP contribution in [0, 0.1) is 0 Å². The van der Waals surface area contributed by atoms with Gasteiger partial charge in [0.1, 0.15) is 0 Å². The van der Waals surface area contributed by atoms with E-state index in [1.54, 1.807) is 0 Å². The monoisotopic (exact) mass is 358 g/mol. The first-order valence-electron chi connectivity index (χ1n) is 9.70. The molecule has 0 radical (unpaired) electrons. The van der Waals surface area contributed by atoms with Crippen molar-refractivity contribution in [3.05, 3.63) is 107 Å². The molecule has 0 unspecified atom stereocenters. The Morgan fingerprint density at radius 3 is 1.36 bits per heavy atom. The number of hydrogen-bond donors (Lipinski definition) is 0. The molecule has 0 atom stereocenters. The second-order valence-corrected chi connectivity index (χ2v) is 7.47. The number of rotatable bonds is 2. The minimum absolute atomic E-state index is 0.930. The largest absolute Gasteiger partial charge is 0.150 e. The predicted molar refractivity (Wildman–Crippen MR) is 114 cm³/mol. The Labute approximate surface area is 164 Å². The summed E-state index contributed by atoms with van der Waals surface area (Å²) in [5, 5.41) is 9.39. The van der Waals surface area contributed by atoms with Gasteiger partial charge in [-0.15, -0.1) is 0 Å². The van der Waals surface area contributed by atoms with Crippen LogP contribution in [-0.4, -0.2) is 0 Å². The maximum atomic E-state index is 4.70. The third-order valence-corrected chi connectivity index (χ3v) is 5.92. The molecule has 6 rings (SSSR count). The Hall–Kier alpha value is -3.52. The molecule has 2 nitrogen and oxygen atoms in total. The summed E-state index contributed by atoms with van der Waals surface area (Å²) in [4.78, 5) is 0. The summed E-state index contributed by atoms with van der Waals surface area (Å²) in [6.07, 6.45) is 1.86. The lowest BCUT2D eigenvalue weighted by Crippen LogP contribution is -1.83. The van der Waals surface area contributed by atoms with E-state index in [1.807, 2.05) is 0 Å². The lowest BCUT2D eigenvalue weighted by molar-refractivity contribution is 1.15. The van der Waals surface area contributed by atoms with E-state index in [0.717, 1.165) is 24.2 Å². The minimum Gasteiger partial charge on any atom is -0.150 e. The highest BCUT2D eigenvalue weighted by Crippen LogP contribution is 2.43. The number of azo groups is 1. The van der Waals surface area contributed by atoms with Gasteiger partial charge in [-0.2, -0.15) is 10.2 Å². The second kappa shape index (κ2) is 6.00. The highest BCUT2D eigenvalue weighted by atomic mass is 15.1. The maximum Gasteiger partial charge on any atom is 0.0898 e. The zero-order valence-corrected chi connectivity index (χ0v) is 15.4. The van der Waals surface area contributed by atoms with Crippen LogP contribution in [-0.2, 0) is 12.8 Å². The van der Waals surface area contributed by atoms with Gasteiger partial charge in [0.2, 0.25) is 0 Å². The molecule has 0 heterocycles. The number of fused-ring (bicyclic) bond motifs is 6. The highest BCUT2D eigenvalue weighted by Gasteiger charge is 2.22. The smallest absolute Gasteiger partial charge is 0.0898 e. The summed E-state index contributed by atoms with van der Waals surface area (Å²) in [6, 6.07) is 29.9. The Morgan fingerprint density at radius 1 is 0.429 bits per heavy atom. The fourth-order valence-electron chi connectivity index (χ4n) is 4.58. The summed E-state index contributed by atoms with van der Waals surface area (Å²) in [5.41, 5.74) is 12.5. The zero-order valence-electron chi connectivity index (χ0n) is 15.4. The van der Waals surface area contributed by atoms with Crippen molar-refractivity contribution >= 4 is 11.4 Å². The minimum atomic E-state index is 0.930. The van der Waals surface area contributed by atoms with E-state index in [2.05, 4.69) is 84.9 Å². The molecular weight excluding hydrogens is 340 g/mol. The number of nitrogens with zero attached hydrogens (tertiary/aromatic N) is 2. The quantitative estimate of drug-likeness (QED) is 0.291. The topological polar surface area (TPSA) is 24.7 Å². The van der Waals surface area contributed by atoms with Crippen LogP contribution in [0.2, 0.25) is 0 Å². The van der Waals surface area contributed by atoms with Crippen molar-refractivity contribution < 1.29 is 0 Å². The Morgan fingerprint density at radius 2 is 0.857 bits per heavy atom. The molecule has 132 valence electrons. The predicted octanol–water partition coefficient (Wildman–Crippen LogP) is 7.24. The van der Waals surface area contributed by atoms with Crippen molar-refractivity contribution in [1.29, 1.82) is 0 Å². The Bertz CT molecular complexity index is 1170. The maximum absolute atomic E-state index is 4.70. The normalized spacial score (nSPS) is 13.3. The zero-order chi connectivity index (χ0) is 18.5. The number of hydrogen-bond acceptors (Lipinski definition) is 2. The fraction of sp³-hybridized carbons (Fsp3) is 0.0769. The number of benzene rings is 4. The molecule has 0 saturated heterocycles. The molecule has 0 aromatic heterocycles. The van der Waals surface area contributed by atoms with E-state index in [4.69, 9.17) is 10.2 Å². The van der Waals surface area contributed by atoms with E-state index in [-0.39, 0.29) is 0 Å². The van der Waals surface area contributed by atoms with Gasteiger partial charge in [-0.05, 0) is 56.6 Å². The van der Waals surface area contributed by atoms with E-state index >= 15 is 0 Å². The molecule has 0 fully saturated rings. The molecule has 0 aliphatic heterocycles. The summed E-state index contributed by atoms with van der Waals surface area (Å²) in [7, 11) is 0. The van der Waals surface area contributed by atoms with Gasteiger partial charge in [-0.3, -0.25) is 0 Å². The van der Waals surface area contributed by atoms with E-state index in [1.165, 1.54) is 44.5 Å². The molecule has 0 saturated carbocycles. The van der Waals surface area contributed by atoms with Crippen LogP contribution in [0.5, 0.6) is 0 Å². The molecule has 0 N–H and O–H groups in total. The molecule has 0 spiro atoms. The second-order valence-electron chi connectivity index (χ2n) is 7.47. The van der Waals surface area contributed by atoms with Crippen molar-refractivity contribution in [2.24, 2.45) is 10.2 Å². The van der Waals surface area contributed by atoms with Gasteiger partial charge in [-0.25, -0.2) is 0 Å². The van der Waals surface area contributed by atoms with Crippen molar-refractivity contribution in [1.82, 2.24) is 0 Å². The van der Waals surface area contributed by atoms with Gasteiger partial charge in [0.25, 0.3) is 0 Å². The first-order valence-corrected chi connectivity index (χ1v) is 9.70. The van der Waals surface area contributed by atoms with Crippen molar-refractivity contribution in [2.45, 2.75) is 12.8 Å². The van der Waals surface area contributed by atoms with Gasteiger partial charge in [0.05, 0.1) is 11.4 Å². The van der Waals surface area contributed by atoms with Crippen molar-refractivity contribution in [3.63, 3.8) is 0 Å². The standard InChI is InChI=1S/C26H18N2/c1-3-9-19-17(7-1)15-23-21(19)11-5-13-25(23)27-28-26-14-6-12-22-20-10-4-2-8-18(20)16-24(22)26/h1-14H,15-16H2. The Balaban J connectivity index is 1.40. The Kier molecular flexibility index (Phi) is 3.33. The van der Waals surface area contributed by atoms with E-state index < -0.39 is 0 Å². The molecule has 2 heteroatoms. The summed E-state index contributed by atoms with van der Waals surface area (Å²) in [5.74, 6) is 0. The van der Waals surface area contributed by atoms with Crippen LogP contribution in [0.3, 0.4) is 0 Å². The summed E-state index contributed by atoms with van der Waals surface area (Å²) >= 11 is 0. The first kappa shape index (κ1) is 15.5. The van der Waals surface area contributed by atoms with Crippen molar-refractivity contribution in [2.75, 3.05) is 0 Å². The molecule has 0 amide bonds. The molecule has 2 aliphatic rings. The first-order chi connectivity index (χ1) is 13.9. The average Bonchev–Trinajstić information content (AvgIpc) is 3.31. The van der Waals surface area contributed by atoms with E-state index in [0.29, 0.717) is 0 Å². The lowest BCUT2D eigenvalue weighted by atomic mass is 10.1. The fourth-order valence-corrected chi connectivity index (χ4v) is 4.58. The van der Waals surface area contributed by atoms with Gasteiger partial charge in [-0.1, -0.05) is 72.8 Å². The van der Waals surface area contributed by atoms with Crippen LogP contribution in [0.1, 0.15) is 22.3 Å². The van der Waals surface area contributed by atoms with E-state index in [9.17, 15) is 0 Å². The molecule has 28 heavy (non-hydrogen) atoms. The summed E-state index contributed by atoms with van der Waals surface area (Å²) in [6.45, 7) is 0.